The molecule has 2 N–H and O–H groups in total. The summed E-state index contributed by atoms with van der Waals surface area (Å²) in [6.07, 6.45) is -0.381. The molecule has 3 rings (SSSR count). The molecule has 0 bridgehead atoms. The third-order valence-corrected chi connectivity index (χ3v) is 4.58. The molecule has 0 saturated heterocycles. The van der Waals surface area contributed by atoms with Crippen molar-refractivity contribution in [1.82, 2.24) is 10.4 Å². The Labute approximate surface area is 163 Å². The van der Waals surface area contributed by atoms with Gasteiger partial charge in [-0.1, -0.05) is 43.6 Å². The van der Waals surface area contributed by atoms with Crippen molar-refractivity contribution in [1.29, 1.82) is 0 Å². The minimum atomic E-state index is -0.412. The van der Waals surface area contributed by atoms with Crippen LogP contribution in [0.3, 0.4) is 0 Å². The fraction of sp³-hybridized carbons (Fsp3) is 0.300. The van der Waals surface area contributed by atoms with Gasteiger partial charge >= 0.3 is 0 Å². The average Bonchev–Trinajstić information content (AvgIpc) is 2.63. The molecule has 27 heavy (non-hydrogen) atoms. The smallest absolute Gasteiger partial charge is 0.276 e. The third-order valence-electron chi connectivity index (χ3n) is 4.34. The highest BCUT2D eigenvalue weighted by Crippen LogP contribution is 2.29. The summed E-state index contributed by atoms with van der Waals surface area (Å²) >= 11 is 6.02. The molecule has 0 aromatic heterocycles. The number of carbonyl (C=O) groups excluding carboxylic acids is 2. The highest BCUT2D eigenvalue weighted by Gasteiger charge is 2.35. The molecule has 1 aliphatic heterocycles. The normalized spacial score (nSPS) is 16.0. The number of halogens is 1. The van der Waals surface area contributed by atoms with E-state index in [0.717, 1.165) is 5.56 Å². The lowest BCUT2D eigenvalue weighted by molar-refractivity contribution is -0.128. The van der Waals surface area contributed by atoms with Crippen molar-refractivity contribution in [3.05, 3.63) is 58.6 Å². The molecule has 0 radical (unpaired) electrons. The number of benzene rings is 2. The second-order valence-corrected chi connectivity index (χ2v) is 7.22. The number of ether oxygens (including phenoxy) is 1. The summed E-state index contributed by atoms with van der Waals surface area (Å²) < 4.78 is 5.57. The maximum Gasteiger partial charge on any atom is 0.276 e. The van der Waals surface area contributed by atoms with Crippen molar-refractivity contribution < 1.29 is 14.3 Å². The van der Waals surface area contributed by atoms with Gasteiger partial charge in [0.25, 0.3) is 11.8 Å². The van der Waals surface area contributed by atoms with Crippen LogP contribution < -0.4 is 15.5 Å². The lowest BCUT2D eigenvalue weighted by Gasteiger charge is -2.39. The molecule has 2 aromatic carbocycles. The van der Waals surface area contributed by atoms with Gasteiger partial charge in [0.15, 0.2) is 6.61 Å². The zero-order valence-corrected chi connectivity index (χ0v) is 16.2. The van der Waals surface area contributed by atoms with Crippen LogP contribution in [0.2, 0.25) is 5.02 Å². The van der Waals surface area contributed by atoms with Crippen molar-refractivity contribution in [2.24, 2.45) is 5.92 Å². The van der Waals surface area contributed by atoms with Gasteiger partial charge in [-0.15, -0.1) is 0 Å². The highest BCUT2D eigenvalue weighted by atomic mass is 35.5. The minimum Gasteiger partial charge on any atom is -0.483 e. The fourth-order valence-electron chi connectivity index (χ4n) is 2.91. The largest absolute Gasteiger partial charge is 0.483 e. The van der Waals surface area contributed by atoms with Gasteiger partial charge in [0.05, 0.1) is 5.56 Å². The van der Waals surface area contributed by atoms with E-state index in [4.69, 9.17) is 16.3 Å². The van der Waals surface area contributed by atoms with Crippen LogP contribution in [0.5, 0.6) is 5.75 Å². The molecule has 2 aromatic rings. The van der Waals surface area contributed by atoms with Crippen molar-refractivity contribution in [3.8, 4) is 5.75 Å². The standard InChI is InChI=1S/C20H22ClN3O3/c1-12(2)19-22-16-9-8-14(21)10-15(16)20(26)24(19)23-18(25)11-27-17-7-5-4-6-13(17)3/h4-10,12,19,22H,11H2,1-3H3,(H,23,25). The summed E-state index contributed by atoms with van der Waals surface area (Å²) in [6.45, 7) is 5.65. The molecule has 1 heterocycles. The molecule has 1 atom stereocenters. The van der Waals surface area contributed by atoms with E-state index in [0.29, 0.717) is 22.0 Å². The molecule has 142 valence electrons. The first kappa shape index (κ1) is 19.0. The van der Waals surface area contributed by atoms with E-state index in [1.165, 1.54) is 5.01 Å². The second-order valence-electron chi connectivity index (χ2n) is 6.79. The number of nitrogens with one attached hydrogen (secondary N) is 2. The average molecular weight is 388 g/mol. The molecule has 2 amide bonds. The number of nitrogens with zero attached hydrogens (tertiary/aromatic N) is 1. The Morgan fingerprint density at radius 3 is 2.74 bits per heavy atom. The van der Waals surface area contributed by atoms with Gasteiger partial charge in [-0.3, -0.25) is 15.0 Å². The topological polar surface area (TPSA) is 70.7 Å². The summed E-state index contributed by atoms with van der Waals surface area (Å²) in [6, 6.07) is 12.5. The molecule has 7 heteroatoms. The zero-order chi connectivity index (χ0) is 19.6. The first-order chi connectivity index (χ1) is 12.9. The lowest BCUT2D eigenvalue weighted by atomic mass is 10.0. The molecule has 0 aliphatic carbocycles. The van der Waals surface area contributed by atoms with Crippen molar-refractivity contribution in [2.75, 3.05) is 11.9 Å². The number of para-hydroxylation sites is 1. The van der Waals surface area contributed by atoms with Crippen LogP contribution in [-0.4, -0.2) is 29.6 Å². The molecule has 0 fully saturated rings. The van der Waals surface area contributed by atoms with Crippen LogP contribution >= 0.6 is 11.6 Å². The summed E-state index contributed by atoms with van der Waals surface area (Å²) in [5.74, 6) is -0.0256. The predicted molar refractivity (Wildman–Crippen MR) is 105 cm³/mol. The number of anilines is 1. The molecular formula is C20H22ClN3O3. The molecule has 0 saturated carbocycles. The number of fused-ring (bicyclic) bond motifs is 1. The quantitative estimate of drug-likeness (QED) is 0.822. The first-order valence-corrected chi connectivity index (χ1v) is 9.12. The van der Waals surface area contributed by atoms with E-state index in [1.54, 1.807) is 24.3 Å². The maximum atomic E-state index is 12.9. The summed E-state index contributed by atoms with van der Waals surface area (Å²) in [4.78, 5) is 25.3. The SMILES string of the molecule is Cc1ccccc1OCC(=O)NN1C(=O)c2cc(Cl)ccc2NC1C(C)C. The van der Waals surface area contributed by atoms with Gasteiger partial charge in [-0.25, -0.2) is 5.01 Å². The van der Waals surface area contributed by atoms with E-state index < -0.39 is 5.91 Å². The van der Waals surface area contributed by atoms with E-state index in [9.17, 15) is 9.59 Å². The number of amides is 2. The first-order valence-electron chi connectivity index (χ1n) is 8.74. The van der Waals surface area contributed by atoms with Crippen LogP contribution in [-0.2, 0) is 4.79 Å². The second kappa shape index (κ2) is 7.88. The van der Waals surface area contributed by atoms with Gasteiger partial charge in [-0.05, 0) is 42.7 Å². The maximum absolute atomic E-state index is 12.9. The summed E-state index contributed by atoms with van der Waals surface area (Å²) in [5.41, 5.74) is 4.71. The van der Waals surface area contributed by atoms with Gasteiger partial charge in [0.1, 0.15) is 11.9 Å². The monoisotopic (exact) mass is 387 g/mol. The Morgan fingerprint density at radius 2 is 2.04 bits per heavy atom. The molecule has 6 nitrogen and oxygen atoms in total. The van der Waals surface area contributed by atoms with E-state index in [1.807, 2.05) is 39.0 Å². The van der Waals surface area contributed by atoms with Crippen LogP contribution in [0.4, 0.5) is 5.69 Å². The Morgan fingerprint density at radius 1 is 1.30 bits per heavy atom. The number of rotatable bonds is 5. The van der Waals surface area contributed by atoms with E-state index >= 15 is 0 Å². The number of carbonyl (C=O) groups is 2. The molecule has 1 unspecified atom stereocenters. The van der Waals surface area contributed by atoms with E-state index in [-0.39, 0.29) is 24.6 Å². The Balaban J connectivity index is 1.74. The number of hydrogen-bond acceptors (Lipinski definition) is 4. The minimum absolute atomic E-state index is 0.0652. The molecule has 0 spiro atoms. The van der Waals surface area contributed by atoms with E-state index in [2.05, 4.69) is 10.7 Å². The van der Waals surface area contributed by atoms with Crippen LogP contribution in [0, 0.1) is 12.8 Å². The van der Waals surface area contributed by atoms with Gasteiger partial charge in [0.2, 0.25) is 0 Å². The Hall–Kier alpha value is -2.73. The molecule has 1 aliphatic rings. The fourth-order valence-corrected chi connectivity index (χ4v) is 3.08. The third kappa shape index (κ3) is 4.17. The zero-order valence-electron chi connectivity index (χ0n) is 15.5. The number of hydrogen-bond donors (Lipinski definition) is 2. The lowest BCUT2D eigenvalue weighted by Crippen LogP contribution is -2.59. The van der Waals surface area contributed by atoms with Crippen LogP contribution in [0.25, 0.3) is 0 Å². The van der Waals surface area contributed by atoms with Crippen molar-refractivity contribution in [3.63, 3.8) is 0 Å². The van der Waals surface area contributed by atoms with Crippen LogP contribution in [0.1, 0.15) is 29.8 Å². The Bertz CT molecular complexity index is 869. The van der Waals surface area contributed by atoms with Crippen molar-refractivity contribution in [2.45, 2.75) is 26.9 Å². The Kier molecular flexibility index (Phi) is 5.56. The highest BCUT2D eigenvalue weighted by molar-refractivity contribution is 6.31. The van der Waals surface area contributed by atoms with Crippen LogP contribution in [0.15, 0.2) is 42.5 Å². The summed E-state index contributed by atoms with van der Waals surface area (Å²) in [5, 5.41) is 5.06. The molecular weight excluding hydrogens is 366 g/mol. The predicted octanol–water partition coefficient (Wildman–Crippen LogP) is 3.61. The number of aryl methyl sites for hydroxylation is 1. The number of hydrazine groups is 1. The van der Waals surface area contributed by atoms with Gasteiger partial charge < -0.3 is 10.1 Å². The van der Waals surface area contributed by atoms with Gasteiger partial charge in [0, 0.05) is 10.7 Å². The summed E-state index contributed by atoms with van der Waals surface area (Å²) in [7, 11) is 0. The van der Waals surface area contributed by atoms with Crippen molar-refractivity contribution >= 4 is 29.1 Å². The van der Waals surface area contributed by atoms with Gasteiger partial charge in [-0.2, -0.15) is 0 Å².